The van der Waals surface area contributed by atoms with Gasteiger partial charge >= 0.3 is 0 Å². The van der Waals surface area contributed by atoms with Crippen molar-refractivity contribution in [3.8, 4) is 0 Å². The fourth-order valence-electron chi connectivity index (χ4n) is 2.57. The predicted molar refractivity (Wildman–Crippen MR) is 104 cm³/mol. The first-order valence-corrected chi connectivity index (χ1v) is 9.49. The van der Waals surface area contributed by atoms with Crippen LogP contribution in [0.1, 0.15) is 17.7 Å². The Balaban J connectivity index is 2.11. The maximum absolute atomic E-state index is 13.2. The number of rotatable bonds is 5. The van der Waals surface area contributed by atoms with Crippen molar-refractivity contribution >= 4 is 44.5 Å². The molecule has 3 rings (SSSR count). The summed E-state index contributed by atoms with van der Waals surface area (Å²) in [6, 6.07) is 10.8. The Bertz CT molecular complexity index is 1040. The van der Waals surface area contributed by atoms with Gasteiger partial charge < -0.3 is 5.73 Å². The predicted octanol–water partition coefficient (Wildman–Crippen LogP) is 3.64. The van der Waals surface area contributed by atoms with Crippen molar-refractivity contribution in [2.45, 2.75) is 23.9 Å². The number of hydrogen-bond acceptors (Lipinski definition) is 4. The highest BCUT2D eigenvalue weighted by Gasteiger charge is 2.23. The molecule has 2 N–H and O–H groups in total. The second kappa shape index (κ2) is 7.59. The summed E-state index contributed by atoms with van der Waals surface area (Å²) < 4.78 is 15.5. The number of carbonyl (C=O) groups excluding carboxylic acids is 1. The van der Waals surface area contributed by atoms with Crippen molar-refractivity contribution in [2.75, 3.05) is 0 Å². The summed E-state index contributed by atoms with van der Waals surface area (Å²) in [5.41, 5.74) is 6.44. The molecule has 0 saturated heterocycles. The van der Waals surface area contributed by atoms with Crippen LogP contribution < -0.4 is 11.3 Å². The molecule has 8 heteroatoms. The molecule has 0 bridgehead atoms. The topological polar surface area (TPSA) is 78.0 Å². The Morgan fingerprint density at radius 3 is 2.62 bits per heavy atom. The van der Waals surface area contributed by atoms with Crippen LogP contribution in [-0.4, -0.2) is 15.5 Å². The molecule has 1 atom stereocenters. The van der Waals surface area contributed by atoms with Crippen LogP contribution in [0.15, 0.2) is 56.9 Å². The van der Waals surface area contributed by atoms with E-state index in [-0.39, 0.29) is 5.56 Å². The number of aromatic nitrogens is 2. The van der Waals surface area contributed by atoms with Crippen molar-refractivity contribution in [1.82, 2.24) is 9.55 Å². The van der Waals surface area contributed by atoms with Crippen molar-refractivity contribution in [3.05, 3.63) is 68.7 Å². The van der Waals surface area contributed by atoms with Crippen LogP contribution in [0.5, 0.6) is 0 Å². The molecule has 0 spiro atoms. The van der Waals surface area contributed by atoms with Gasteiger partial charge in [-0.3, -0.25) is 14.2 Å². The van der Waals surface area contributed by atoms with Crippen molar-refractivity contribution in [2.24, 2.45) is 5.73 Å². The molecule has 1 aromatic heterocycles. The van der Waals surface area contributed by atoms with Crippen molar-refractivity contribution in [1.29, 1.82) is 0 Å². The maximum Gasteiger partial charge on any atom is 0.262 e. The molecule has 0 radical (unpaired) electrons. The number of nitrogens with zero attached hydrogens (tertiary/aromatic N) is 2. The highest BCUT2D eigenvalue weighted by Crippen LogP contribution is 2.34. The van der Waals surface area contributed by atoms with Crippen LogP contribution in [0.25, 0.3) is 10.9 Å². The van der Waals surface area contributed by atoms with E-state index in [1.54, 1.807) is 18.2 Å². The minimum absolute atomic E-state index is 0.191. The molecule has 5 nitrogen and oxygen atoms in total. The Hall–Kier alpha value is -2.19. The number of amides is 1. The second-order valence-corrected chi connectivity index (χ2v) is 7.55. The van der Waals surface area contributed by atoms with Gasteiger partial charge in [-0.05, 0) is 42.8 Å². The monoisotopic (exact) mass is 435 g/mol. The Labute approximate surface area is 161 Å². The van der Waals surface area contributed by atoms with Gasteiger partial charge in [0.2, 0.25) is 5.91 Å². The molecule has 0 saturated carbocycles. The summed E-state index contributed by atoms with van der Waals surface area (Å²) in [5, 5.41) is 0.0941. The van der Waals surface area contributed by atoms with E-state index in [4.69, 9.17) is 5.73 Å². The van der Waals surface area contributed by atoms with E-state index in [1.807, 2.05) is 6.92 Å². The van der Waals surface area contributed by atoms with Crippen LogP contribution in [0.4, 0.5) is 4.39 Å². The molecule has 2 aromatic carbocycles. The number of hydrogen-bond donors (Lipinski definition) is 1. The zero-order chi connectivity index (χ0) is 18.8. The minimum Gasteiger partial charge on any atom is -0.368 e. The van der Waals surface area contributed by atoms with E-state index in [1.165, 1.54) is 28.8 Å². The van der Waals surface area contributed by atoms with Gasteiger partial charge in [0.15, 0.2) is 5.16 Å². The zero-order valence-corrected chi connectivity index (χ0v) is 16.2. The quantitative estimate of drug-likeness (QED) is 0.490. The Kier molecular flexibility index (Phi) is 5.43. The van der Waals surface area contributed by atoms with Crippen LogP contribution in [0.2, 0.25) is 0 Å². The number of thioether (sulfide) groups is 1. The van der Waals surface area contributed by atoms with Crippen molar-refractivity contribution < 1.29 is 9.18 Å². The summed E-state index contributed by atoms with van der Waals surface area (Å²) in [6.07, 6.45) is 0. The summed E-state index contributed by atoms with van der Waals surface area (Å²) in [5.74, 6) is -0.990. The second-order valence-electron chi connectivity index (χ2n) is 5.56. The summed E-state index contributed by atoms with van der Waals surface area (Å²) in [4.78, 5) is 29.3. The SMILES string of the molecule is CCn1c(SC(C(N)=O)c2ccc(F)cc2)nc2ccc(Br)cc2c1=O. The average Bonchev–Trinajstić information content (AvgIpc) is 2.61. The van der Waals surface area contributed by atoms with Gasteiger partial charge in [0.25, 0.3) is 5.56 Å². The zero-order valence-electron chi connectivity index (χ0n) is 13.8. The van der Waals surface area contributed by atoms with E-state index in [0.29, 0.717) is 28.2 Å². The highest BCUT2D eigenvalue weighted by atomic mass is 79.9. The van der Waals surface area contributed by atoms with Gasteiger partial charge in [-0.2, -0.15) is 0 Å². The average molecular weight is 436 g/mol. The molecule has 0 aliphatic heterocycles. The lowest BCUT2D eigenvalue weighted by molar-refractivity contribution is -0.117. The van der Waals surface area contributed by atoms with Crippen LogP contribution in [0, 0.1) is 5.82 Å². The van der Waals surface area contributed by atoms with Gasteiger partial charge in [0.1, 0.15) is 11.1 Å². The Morgan fingerprint density at radius 2 is 2.00 bits per heavy atom. The molecule has 0 aliphatic carbocycles. The van der Waals surface area contributed by atoms with E-state index in [9.17, 15) is 14.0 Å². The molecular formula is C18H15BrFN3O2S. The van der Waals surface area contributed by atoms with Crippen LogP contribution >= 0.6 is 27.7 Å². The third-order valence-corrected chi connectivity index (χ3v) is 5.61. The first kappa shape index (κ1) is 18.6. The van der Waals surface area contributed by atoms with Gasteiger partial charge in [-0.15, -0.1) is 0 Å². The number of benzene rings is 2. The van der Waals surface area contributed by atoms with E-state index in [2.05, 4.69) is 20.9 Å². The maximum atomic E-state index is 13.2. The van der Waals surface area contributed by atoms with Gasteiger partial charge in [-0.1, -0.05) is 39.8 Å². The normalized spacial score (nSPS) is 12.3. The van der Waals surface area contributed by atoms with Crippen LogP contribution in [0.3, 0.4) is 0 Å². The first-order chi connectivity index (χ1) is 12.4. The van der Waals surface area contributed by atoms with E-state index >= 15 is 0 Å². The first-order valence-electron chi connectivity index (χ1n) is 7.82. The molecule has 0 aliphatic rings. The molecule has 134 valence electrons. The van der Waals surface area contributed by atoms with E-state index in [0.717, 1.165) is 16.2 Å². The molecule has 26 heavy (non-hydrogen) atoms. The molecular weight excluding hydrogens is 421 g/mol. The number of primary amides is 1. The smallest absolute Gasteiger partial charge is 0.262 e. The van der Waals surface area contributed by atoms with Crippen LogP contribution in [-0.2, 0) is 11.3 Å². The summed E-state index contributed by atoms with van der Waals surface area (Å²) in [7, 11) is 0. The molecule has 1 amide bonds. The van der Waals surface area contributed by atoms with Gasteiger partial charge in [-0.25, -0.2) is 9.37 Å². The highest BCUT2D eigenvalue weighted by molar-refractivity contribution is 9.10. The van der Waals surface area contributed by atoms with Gasteiger partial charge in [0.05, 0.1) is 10.9 Å². The molecule has 1 heterocycles. The third kappa shape index (κ3) is 3.66. The molecule has 1 unspecified atom stereocenters. The molecule has 3 aromatic rings. The van der Waals surface area contributed by atoms with E-state index < -0.39 is 17.0 Å². The number of halogens is 2. The number of fused-ring (bicyclic) bond motifs is 1. The molecule has 0 fully saturated rings. The number of nitrogens with two attached hydrogens (primary N) is 1. The largest absolute Gasteiger partial charge is 0.368 e. The lowest BCUT2D eigenvalue weighted by Crippen LogP contribution is -2.25. The number of carbonyl (C=O) groups is 1. The standard InChI is InChI=1S/C18H15BrFN3O2S/c1-2-23-17(25)13-9-11(19)5-8-14(13)22-18(23)26-15(16(21)24)10-3-6-12(20)7-4-10/h3-9,15H,2H2,1H3,(H2,21,24). The summed E-state index contributed by atoms with van der Waals surface area (Å²) >= 11 is 4.44. The lowest BCUT2D eigenvalue weighted by atomic mass is 10.1. The third-order valence-electron chi connectivity index (χ3n) is 3.85. The minimum atomic E-state index is -0.784. The van der Waals surface area contributed by atoms with Gasteiger partial charge in [0, 0.05) is 11.0 Å². The Morgan fingerprint density at radius 1 is 1.31 bits per heavy atom. The lowest BCUT2D eigenvalue weighted by Gasteiger charge is -2.16. The fraction of sp³-hybridized carbons (Fsp3) is 0.167. The fourth-order valence-corrected chi connectivity index (χ4v) is 4.05. The summed E-state index contributed by atoms with van der Waals surface area (Å²) in [6.45, 7) is 2.22. The van der Waals surface area contributed by atoms with Crippen molar-refractivity contribution in [3.63, 3.8) is 0 Å².